The minimum absolute atomic E-state index is 0.467. The van der Waals surface area contributed by atoms with Crippen LogP contribution in [0.4, 0.5) is 0 Å². The van der Waals surface area contributed by atoms with Crippen LogP contribution in [0.25, 0.3) is 10.1 Å². The SMILES string of the molecule is CC1CC(C)CC(NC(C)c2cc3ccccc3s2)C1. The Kier molecular flexibility index (Phi) is 4.13. The maximum atomic E-state index is 3.87. The Balaban J connectivity index is 1.70. The van der Waals surface area contributed by atoms with Crippen LogP contribution in [0.2, 0.25) is 0 Å². The molecule has 3 rings (SSSR count). The van der Waals surface area contributed by atoms with Crippen molar-refractivity contribution in [3.63, 3.8) is 0 Å². The van der Waals surface area contributed by atoms with Gasteiger partial charge in [-0.15, -0.1) is 11.3 Å². The summed E-state index contributed by atoms with van der Waals surface area (Å²) in [4.78, 5) is 1.47. The summed E-state index contributed by atoms with van der Waals surface area (Å²) in [7, 11) is 0. The number of nitrogens with one attached hydrogen (secondary N) is 1. The van der Waals surface area contributed by atoms with Crippen molar-refractivity contribution in [3.8, 4) is 0 Å². The fourth-order valence-electron chi connectivity index (χ4n) is 3.73. The lowest BCUT2D eigenvalue weighted by atomic mass is 9.80. The van der Waals surface area contributed by atoms with Gasteiger partial charge in [0.15, 0.2) is 0 Å². The monoisotopic (exact) mass is 287 g/mol. The highest BCUT2D eigenvalue weighted by molar-refractivity contribution is 7.19. The molecule has 2 aromatic rings. The Morgan fingerprint density at radius 1 is 1.10 bits per heavy atom. The van der Waals surface area contributed by atoms with Crippen molar-refractivity contribution in [2.75, 3.05) is 0 Å². The van der Waals surface area contributed by atoms with E-state index in [0.717, 1.165) is 11.8 Å². The van der Waals surface area contributed by atoms with E-state index in [4.69, 9.17) is 0 Å². The second kappa shape index (κ2) is 5.87. The second-order valence-electron chi connectivity index (χ2n) is 6.69. The van der Waals surface area contributed by atoms with E-state index in [0.29, 0.717) is 12.1 Å². The van der Waals surface area contributed by atoms with Crippen LogP contribution in [0, 0.1) is 11.8 Å². The summed E-state index contributed by atoms with van der Waals surface area (Å²) in [5.41, 5.74) is 0. The number of thiophene rings is 1. The molecule has 3 atom stereocenters. The topological polar surface area (TPSA) is 12.0 Å². The first-order valence-corrected chi connectivity index (χ1v) is 8.68. The van der Waals surface area contributed by atoms with Gasteiger partial charge in [-0.05, 0) is 55.5 Å². The smallest absolute Gasteiger partial charge is 0.0388 e. The predicted octanol–water partition coefficient (Wildman–Crippen LogP) is 5.38. The Labute approximate surface area is 126 Å². The highest BCUT2D eigenvalue weighted by atomic mass is 32.1. The maximum Gasteiger partial charge on any atom is 0.0388 e. The number of hydrogen-bond acceptors (Lipinski definition) is 2. The van der Waals surface area contributed by atoms with Gasteiger partial charge >= 0.3 is 0 Å². The van der Waals surface area contributed by atoms with Crippen molar-refractivity contribution in [1.29, 1.82) is 0 Å². The summed E-state index contributed by atoms with van der Waals surface area (Å²) in [6, 6.07) is 12.2. The molecule has 1 aliphatic carbocycles. The van der Waals surface area contributed by atoms with Gasteiger partial charge in [0.25, 0.3) is 0 Å². The molecule has 1 N–H and O–H groups in total. The first kappa shape index (κ1) is 14.1. The maximum absolute atomic E-state index is 3.87. The van der Waals surface area contributed by atoms with Crippen molar-refractivity contribution in [2.24, 2.45) is 11.8 Å². The molecule has 0 spiro atoms. The van der Waals surface area contributed by atoms with Crippen molar-refractivity contribution < 1.29 is 0 Å². The van der Waals surface area contributed by atoms with Crippen LogP contribution in [-0.4, -0.2) is 6.04 Å². The van der Waals surface area contributed by atoms with Crippen LogP contribution in [0.5, 0.6) is 0 Å². The lowest BCUT2D eigenvalue weighted by Gasteiger charge is -2.33. The Hall–Kier alpha value is -0.860. The van der Waals surface area contributed by atoms with Crippen molar-refractivity contribution in [1.82, 2.24) is 5.32 Å². The van der Waals surface area contributed by atoms with Crippen LogP contribution in [-0.2, 0) is 0 Å². The average molecular weight is 287 g/mol. The zero-order chi connectivity index (χ0) is 14.1. The van der Waals surface area contributed by atoms with E-state index in [9.17, 15) is 0 Å². The van der Waals surface area contributed by atoms with Crippen LogP contribution < -0.4 is 5.32 Å². The molecule has 0 radical (unpaired) electrons. The highest BCUT2D eigenvalue weighted by Crippen LogP contribution is 2.33. The quantitative estimate of drug-likeness (QED) is 0.799. The average Bonchev–Trinajstić information content (AvgIpc) is 2.81. The van der Waals surface area contributed by atoms with E-state index < -0.39 is 0 Å². The van der Waals surface area contributed by atoms with Crippen LogP contribution >= 0.6 is 11.3 Å². The zero-order valence-corrected chi connectivity index (χ0v) is 13.5. The molecule has 0 bridgehead atoms. The van der Waals surface area contributed by atoms with E-state index in [-0.39, 0.29) is 0 Å². The fourth-order valence-corrected chi connectivity index (χ4v) is 4.81. The molecule has 1 saturated carbocycles. The number of fused-ring (bicyclic) bond motifs is 1. The summed E-state index contributed by atoms with van der Waals surface area (Å²) >= 11 is 1.93. The molecule has 0 saturated heterocycles. The summed E-state index contributed by atoms with van der Waals surface area (Å²) in [5.74, 6) is 1.73. The zero-order valence-electron chi connectivity index (χ0n) is 12.7. The third kappa shape index (κ3) is 3.07. The molecular weight excluding hydrogens is 262 g/mol. The van der Waals surface area contributed by atoms with Gasteiger partial charge < -0.3 is 5.32 Å². The minimum atomic E-state index is 0.467. The third-order valence-corrected chi connectivity index (χ3v) is 5.83. The molecule has 1 aromatic heterocycles. The van der Waals surface area contributed by atoms with E-state index >= 15 is 0 Å². The van der Waals surface area contributed by atoms with Gasteiger partial charge in [-0.3, -0.25) is 0 Å². The minimum Gasteiger partial charge on any atom is -0.307 e. The van der Waals surface area contributed by atoms with Gasteiger partial charge in [-0.25, -0.2) is 0 Å². The Bertz CT molecular complexity index is 531. The van der Waals surface area contributed by atoms with E-state index in [1.54, 1.807) is 0 Å². The number of hydrogen-bond donors (Lipinski definition) is 1. The van der Waals surface area contributed by atoms with Gasteiger partial charge in [0, 0.05) is 21.7 Å². The van der Waals surface area contributed by atoms with Crippen LogP contribution in [0.15, 0.2) is 30.3 Å². The fraction of sp³-hybridized carbons (Fsp3) is 0.556. The molecule has 2 heteroatoms. The molecule has 1 heterocycles. The lowest BCUT2D eigenvalue weighted by molar-refractivity contribution is 0.229. The molecule has 1 aromatic carbocycles. The van der Waals surface area contributed by atoms with Crippen molar-refractivity contribution in [3.05, 3.63) is 35.2 Å². The summed E-state index contributed by atoms with van der Waals surface area (Å²) in [6.45, 7) is 7.11. The second-order valence-corrected chi connectivity index (χ2v) is 7.80. The summed E-state index contributed by atoms with van der Waals surface area (Å²) in [6.07, 6.45) is 4.06. The van der Waals surface area contributed by atoms with Crippen LogP contribution in [0.1, 0.15) is 51.0 Å². The van der Waals surface area contributed by atoms with E-state index in [2.05, 4.69) is 56.4 Å². The largest absolute Gasteiger partial charge is 0.307 e. The number of benzene rings is 1. The third-order valence-electron chi connectivity index (χ3n) is 4.54. The summed E-state index contributed by atoms with van der Waals surface area (Å²) in [5, 5.41) is 5.25. The first-order chi connectivity index (χ1) is 9.61. The van der Waals surface area contributed by atoms with E-state index in [1.165, 1.54) is 34.2 Å². The van der Waals surface area contributed by atoms with Gasteiger partial charge in [-0.1, -0.05) is 32.0 Å². The van der Waals surface area contributed by atoms with Gasteiger partial charge in [0.1, 0.15) is 0 Å². The molecule has 1 fully saturated rings. The molecule has 3 unspecified atom stereocenters. The van der Waals surface area contributed by atoms with Crippen LogP contribution in [0.3, 0.4) is 0 Å². The molecular formula is C18H25NS. The molecule has 0 amide bonds. The van der Waals surface area contributed by atoms with E-state index in [1.807, 2.05) is 11.3 Å². The lowest BCUT2D eigenvalue weighted by Crippen LogP contribution is -2.37. The molecule has 1 nitrogen and oxygen atoms in total. The Morgan fingerprint density at radius 3 is 2.50 bits per heavy atom. The predicted molar refractivity (Wildman–Crippen MR) is 89.3 cm³/mol. The Morgan fingerprint density at radius 2 is 1.80 bits per heavy atom. The van der Waals surface area contributed by atoms with Gasteiger partial charge in [-0.2, -0.15) is 0 Å². The molecule has 108 valence electrons. The molecule has 20 heavy (non-hydrogen) atoms. The molecule has 0 aliphatic heterocycles. The van der Waals surface area contributed by atoms with Crippen molar-refractivity contribution in [2.45, 2.75) is 52.1 Å². The standard InChI is InChI=1S/C18H25NS/c1-12-8-13(2)10-16(9-12)19-14(3)18-11-15-6-4-5-7-17(15)20-18/h4-7,11-14,16,19H,8-10H2,1-3H3. The van der Waals surface area contributed by atoms with Gasteiger partial charge in [0.05, 0.1) is 0 Å². The van der Waals surface area contributed by atoms with Gasteiger partial charge in [0.2, 0.25) is 0 Å². The normalized spacial score (nSPS) is 28.6. The van der Waals surface area contributed by atoms with Crippen molar-refractivity contribution >= 4 is 21.4 Å². The summed E-state index contributed by atoms with van der Waals surface area (Å²) < 4.78 is 1.40. The molecule has 1 aliphatic rings. The first-order valence-electron chi connectivity index (χ1n) is 7.86. The number of rotatable bonds is 3. The highest BCUT2D eigenvalue weighted by Gasteiger charge is 2.25.